The minimum absolute atomic E-state index is 0.00846. The Bertz CT molecular complexity index is 1300. The second-order valence-electron chi connectivity index (χ2n) is 8.22. The second kappa shape index (κ2) is 9.49. The van der Waals surface area contributed by atoms with Crippen LogP contribution in [0.15, 0.2) is 53.7 Å². The molecule has 0 radical (unpaired) electrons. The minimum atomic E-state index is -4.58. The first-order valence-corrected chi connectivity index (χ1v) is 10.9. The number of alkyl halides is 3. The Morgan fingerprint density at radius 3 is 2.49 bits per heavy atom. The summed E-state index contributed by atoms with van der Waals surface area (Å²) in [4.78, 5) is 46.2. The molecule has 0 bridgehead atoms. The molecule has 0 saturated heterocycles. The molecule has 1 aliphatic rings. The number of nitrogens with zero attached hydrogens (tertiary/aromatic N) is 2. The molecule has 1 fully saturated rings. The summed E-state index contributed by atoms with van der Waals surface area (Å²) < 4.78 is 39.8. The van der Waals surface area contributed by atoms with Crippen LogP contribution >= 0.6 is 11.6 Å². The van der Waals surface area contributed by atoms with Crippen LogP contribution in [0, 0.1) is 5.41 Å². The molecule has 0 aliphatic heterocycles. The first-order chi connectivity index (χ1) is 16.6. The SMILES string of the molecule is O=C(CC1(C(=O)NCc2ccc(Nc3ccc(Cl)cc3C(F)(F)F)cn2)CC1)c1cnc(=O)[nH]c1. The summed E-state index contributed by atoms with van der Waals surface area (Å²) in [7, 11) is 0. The molecule has 1 aromatic carbocycles. The molecule has 4 rings (SSSR count). The summed E-state index contributed by atoms with van der Waals surface area (Å²) in [5.41, 5.74) is -1.40. The molecule has 0 spiro atoms. The van der Waals surface area contributed by atoms with Crippen molar-refractivity contribution in [2.45, 2.75) is 32.0 Å². The predicted octanol–water partition coefficient (Wildman–Crippen LogP) is 4.25. The van der Waals surface area contributed by atoms with Crippen molar-refractivity contribution in [3.8, 4) is 0 Å². The Labute approximate surface area is 202 Å². The van der Waals surface area contributed by atoms with Crippen molar-refractivity contribution in [1.29, 1.82) is 0 Å². The van der Waals surface area contributed by atoms with Crippen molar-refractivity contribution in [2.24, 2.45) is 5.41 Å². The van der Waals surface area contributed by atoms with Crippen LogP contribution in [0.1, 0.15) is 40.9 Å². The van der Waals surface area contributed by atoms with Gasteiger partial charge in [-0.2, -0.15) is 13.2 Å². The van der Waals surface area contributed by atoms with Gasteiger partial charge >= 0.3 is 11.9 Å². The molecule has 182 valence electrons. The van der Waals surface area contributed by atoms with Gasteiger partial charge in [0.05, 0.1) is 46.4 Å². The lowest BCUT2D eigenvalue weighted by molar-refractivity contribution is -0.137. The summed E-state index contributed by atoms with van der Waals surface area (Å²) in [5, 5.41) is 5.41. The summed E-state index contributed by atoms with van der Waals surface area (Å²) in [6.07, 6.45) is 0.324. The Morgan fingerprint density at radius 2 is 1.89 bits per heavy atom. The topological polar surface area (TPSA) is 117 Å². The fourth-order valence-electron chi connectivity index (χ4n) is 3.52. The van der Waals surface area contributed by atoms with Gasteiger partial charge in [-0.05, 0) is 43.2 Å². The normalized spacial score (nSPS) is 14.3. The van der Waals surface area contributed by atoms with Crippen LogP contribution in [0.2, 0.25) is 5.02 Å². The van der Waals surface area contributed by atoms with E-state index in [1.54, 1.807) is 12.1 Å². The van der Waals surface area contributed by atoms with Gasteiger partial charge in [-0.15, -0.1) is 0 Å². The van der Waals surface area contributed by atoms with E-state index in [4.69, 9.17) is 11.6 Å². The quantitative estimate of drug-likeness (QED) is 0.394. The maximum atomic E-state index is 13.3. The van der Waals surface area contributed by atoms with Crippen molar-refractivity contribution < 1.29 is 22.8 Å². The van der Waals surface area contributed by atoms with Crippen LogP contribution < -0.4 is 16.3 Å². The summed E-state index contributed by atoms with van der Waals surface area (Å²) in [6, 6.07) is 6.54. The zero-order valence-electron chi connectivity index (χ0n) is 18.1. The van der Waals surface area contributed by atoms with E-state index in [1.807, 2.05) is 0 Å². The fraction of sp³-hybridized carbons (Fsp3) is 0.261. The standard InChI is InChI=1S/C23H19ClF3N5O3/c24-14-1-4-18(17(7-14)23(25,26)27)32-16-3-2-15(28-12-16)11-29-20(34)22(5-6-22)8-19(33)13-9-30-21(35)31-10-13/h1-4,7,9-10,12,32H,5-6,8,11H2,(H,29,34)(H,30,31,35). The Kier molecular flexibility index (Phi) is 6.62. The number of amides is 1. The molecule has 2 heterocycles. The molecule has 1 saturated carbocycles. The van der Waals surface area contributed by atoms with E-state index in [2.05, 4.69) is 25.6 Å². The predicted molar refractivity (Wildman–Crippen MR) is 121 cm³/mol. The number of hydrogen-bond acceptors (Lipinski definition) is 6. The number of pyridine rings is 1. The molecular formula is C23H19ClF3N5O3. The van der Waals surface area contributed by atoms with Crippen LogP contribution in [0.25, 0.3) is 0 Å². The highest BCUT2D eigenvalue weighted by atomic mass is 35.5. The second-order valence-corrected chi connectivity index (χ2v) is 8.66. The smallest absolute Gasteiger partial charge is 0.354 e. The molecule has 2 aromatic heterocycles. The average molecular weight is 506 g/mol. The number of halogens is 4. The summed E-state index contributed by atoms with van der Waals surface area (Å²) in [6.45, 7) is 0.0873. The van der Waals surface area contributed by atoms with E-state index >= 15 is 0 Å². The van der Waals surface area contributed by atoms with Gasteiger partial charge in [-0.3, -0.25) is 14.6 Å². The van der Waals surface area contributed by atoms with Crippen molar-refractivity contribution in [3.05, 3.63) is 81.3 Å². The maximum absolute atomic E-state index is 13.3. The molecule has 3 aromatic rings. The number of aromatic nitrogens is 3. The van der Waals surface area contributed by atoms with Gasteiger partial charge in [0.25, 0.3) is 0 Å². The molecule has 8 nitrogen and oxygen atoms in total. The number of H-pyrrole nitrogens is 1. The monoisotopic (exact) mass is 505 g/mol. The summed E-state index contributed by atoms with van der Waals surface area (Å²) in [5.74, 6) is -0.585. The number of ketones is 1. The number of carbonyl (C=O) groups excluding carboxylic acids is 2. The van der Waals surface area contributed by atoms with Crippen molar-refractivity contribution in [2.75, 3.05) is 5.32 Å². The molecule has 12 heteroatoms. The lowest BCUT2D eigenvalue weighted by Gasteiger charge is -2.16. The lowest BCUT2D eigenvalue weighted by atomic mass is 9.96. The molecule has 35 heavy (non-hydrogen) atoms. The Hall–Kier alpha value is -3.73. The lowest BCUT2D eigenvalue weighted by Crippen LogP contribution is -2.33. The van der Waals surface area contributed by atoms with E-state index in [-0.39, 0.29) is 40.9 Å². The number of nitrogens with one attached hydrogen (secondary N) is 3. The van der Waals surface area contributed by atoms with E-state index in [0.29, 0.717) is 24.2 Å². The molecule has 1 amide bonds. The van der Waals surface area contributed by atoms with Gasteiger partial charge in [0.15, 0.2) is 5.78 Å². The van der Waals surface area contributed by atoms with Crippen LogP contribution in [0.5, 0.6) is 0 Å². The average Bonchev–Trinajstić information content (AvgIpc) is 3.60. The summed E-state index contributed by atoms with van der Waals surface area (Å²) >= 11 is 5.70. The molecular weight excluding hydrogens is 487 g/mol. The number of rotatable bonds is 8. The van der Waals surface area contributed by atoms with E-state index in [0.717, 1.165) is 6.07 Å². The van der Waals surface area contributed by atoms with Crippen LogP contribution in [-0.2, 0) is 17.5 Å². The van der Waals surface area contributed by atoms with Gasteiger partial charge in [-0.1, -0.05) is 11.6 Å². The zero-order valence-corrected chi connectivity index (χ0v) is 18.8. The van der Waals surface area contributed by atoms with Gasteiger partial charge < -0.3 is 15.6 Å². The van der Waals surface area contributed by atoms with Crippen LogP contribution in [-0.4, -0.2) is 26.6 Å². The maximum Gasteiger partial charge on any atom is 0.418 e. The van der Waals surface area contributed by atoms with E-state index < -0.39 is 22.8 Å². The molecule has 1 aliphatic carbocycles. The Balaban J connectivity index is 1.35. The van der Waals surface area contributed by atoms with Crippen molar-refractivity contribution in [1.82, 2.24) is 20.3 Å². The third-order valence-electron chi connectivity index (χ3n) is 5.65. The van der Waals surface area contributed by atoms with Crippen LogP contribution in [0.3, 0.4) is 0 Å². The van der Waals surface area contributed by atoms with Crippen molar-refractivity contribution in [3.63, 3.8) is 0 Å². The number of benzene rings is 1. The Morgan fingerprint density at radius 1 is 1.11 bits per heavy atom. The zero-order chi connectivity index (χ0) is 25.2. The first kappa shape index (κ1) is 24.4. The van der Waals surface area contributed by atoms with Crippen molar-refractivity contribution >= 4 is 34.7 Å². The molecule has 0 unspecified atom stereocenters. The highest BCUT2D eigenvalue weighted by Crippen LogP contribution is 2.49. The highest BCUT2D eigenvalue weighted by Gasteiger charge is 2.51. The third kappa shape index (κ3) is 5.86. The van der Waals surface area contributed by atoms with Gasteiger partial charge in [0, 0.05) is 23.8 Å². The first-order valence-electron chi connectivity index (χ1n) is 10.5. The number of aromatic amines is 1. The van der Waals surface area contributed by atoms with Gasteiger partial charge in [0.2, 0.25) is 5.91 Å². The van der Waals surface area contributed by atoms with Gasteiger partial charge in [0.1, 0.15) is 0 Å². The third-order valence-corrected chi connectivity index (χ3v) is 5.88. The highest BCUT2D eigenvalue weighted by molar-refractivity contribution is 6.30. The minimum Gasteiger partial charge on any atom is -0.354 e. The number of Topliss-reactive ketones (excluding diaryl/α,β-unsaturated/α-hetero) is 1. The number of hydrogen-bond donors (Lipinski definition) is 3. The fourth-order valence-corrected chi connectivity index (χ4v) is 3.69. The van der Waals surface area contributed by atoms with E-state index in [1.165, 1.54) is 30.7 Å². The van der Waals surface area contributed by atoms with E-state index in [9.17, 15) is 27.6 Å². The number of carbonyl (C=O) groups is 2. The van der Waals surface area contributed by atoms with Crippen LogP contribution in [0.4, 0.5) is 24.5 Å². The largest absolute Gasteiger partial charge is 0.418 e. The number of anilines is 2. The van der Waals surface area contributed by atoms with Gasteiger partial charge in [-0.25, -0.2) is 9.78 Å². The molecule has 3 N–H and O–H groups in total. The molecule has 0 atom stereocenters.